The number of aliphatic hydroxyl groups is 2. The Morgan fingerprint density at radius 3 is 2.43 bits per heavy atom. The van der Waals surface area contributed by atoms with Crippen molar-refractivity contribution in [1.82, 2.24) is 19.5 Å². The van der Waals surface area contributed by atoms with Gasteiger partial charge in [-0.25, -0.2) is 19.7 Å². The van der Waals surface area contributed by atoms with Crippen LogP contribution in [0.25, 0.3) is 16.9 Å². The summed E-state index contributed by atoms with van der Waals surface area (Å²) in [5.74, 6) is 0.577. The van der Waals surface area contributed by atoms with E-state index in [4.69, 9.17) is 5.11 Å². The van der Waals surface area contributed by atoms with Crippen LogP contribution in [0.4, 0.5) is 35.2 Å². The molecular weight excluding hydrogens is 467 g/mol. The smallest absolute Gasteiger partial charge is 0.393 e. The highest BCUT2D eigenvalue weighted by molar-refractivity contribution is 6.00. The second-order valence-corrected chi connectivity index (χ2v) is 7.42. The first-order valence-corrected chi connectivity index (χ1v) is 10.2. The minimum Gasteiger partial charge on any atom is -0.393 e. The number of halogens is 3. The van der Waals surface area contributed by atoms with E-state index >= 15 is 0 Å². The molecule has 0 bridgehead atoms. The number of aliphatic hydroxyl groups excluding tert-OH is 2. The van der Waals surface area contributed by atoms with Gasteiger partial charge in [0.25, 0.3) is 0 Å². The predicted molar refractivity (Wildman–Crippen MR) is 122 cm³/mol. The summed E-state index contributed by atoms with van der Waals surface area (Å²) in [7, 11) is 1.72. The second kappa shape index (κ2) is 9.56. The third kappa shape index (κ3) is 5.15. The van der Waals surface area contributed by atoms with Crippen LogP contribution in [0.1, 0.15) is 17.2 Å². The van der Waals surface area contributed by atoms with E-state index in [1.165, 1.54) is 6.33 Å². The number of hydrogen-bond donors (Lipinski definition) is 5. The lowest BCUT2D eigenvalue weighted by Gasteiger charge is -2.15. The van der Waals surface area contributed by atoms with Crippen molar-refractivity contribution in [3.8, 4) is 5.69 Å². The molecule has 2 aromatic heterocycles. The van der Waals surface area contributed by atoms with Crippen LogP contribution in [0.5, 0.6) is 0 Å². The van der Waals surface area contributed by atoms with E-state index in [1.54, 1.807) is 42.2 Å². The average Bonchev–Trinajstić information content (AvgIpc) is 3.27. The summed E-state index contributed by atoms with van der Waals surface area (Å²) in [6.45, 7) is -0.770. The van der Waals surface area contributed by atoms with E-state index in [0.717, 1.165) is 12.1 Å². The molecule has 2 aromatic carbocycles. The summed E-state index contributed by atoms with van der Waals surface area (Å²) in [5.41, 5.74) is 0.807. The van der Waals surface area contributed by atoms with Gasteiger partial charge in [-0.05, 0) is 48.0 Å². The zero-order valence-electron chi connectivity index (χ0n) is 18.2. The largest absolute Gasteiger partial charge is 0.416 e. The zero-order valence-corrected chi connectivity index (χ0v) is 18.2. The first-order valence-electron chi connectivity index (χ1n) is 10.2. The van der Waals surface area contributed by atoms with Gasteiger partial charge in [0.05, 0.1) is 12.2 Å². The molecule has 4 rings (SSSR count). The first-order chi connectivity index (χ1) is 16.7. The van der Waals surface area contributed by atoms with Crippen molar-refractivity contribution in [2.45, 2.75) is 12.3 Å². The summed E-state index contributed by atoms with van der Waals surface area (Å²) in [6, 6.07) is 8.44. The Hall–Kier alpha value is -4.23. The van der Waals surface area contributed by atoms with Gasteiger partial charge in [0.1, 0.15) is 18.8 Å². The number of benzene rings is 2. The maximum absolute atomic E-state index is 13.2. The van der Waals surface area contributed by atoms with E-state index in [0.29, 0.717) is 34.4 Å². The fraction of sp³-hybridized carbons (Fsp3) is 0.182. The number of carbonyl (C=O) groups is 1. The molecule has 13 heteroatoms. The molecule has 0 aliphatic rings. The molecule has 10 nitrogen and oxygen atoms in total. The van der Waals surface area contributed by atoms with Crippen LogP contribution in [0.15, 0.2) is 55.1 Å². The lowest BCUT2D eigenvalue weighted by Crippen LogP contribution is -2.20. The van der Waals surface area contributed by atoms with Gasteiger partial charge in [-0.1, -0.05) is 0 Å². The number of alkyl halides is 3. The standard InChI is InChI=1S/C22H20F3N7O3/c1-26-19-18-20(28-10-27-19)32(11-29-18)16-4-2-14(3-5-16)30-21(35)31-15-7-12(17(34)9-33)6-13(8-15)22(23,24)25/h2-8,10-11,17,33-34H,9H2,1H3,(H,26,27,28)(H2,30,31,35). The van der Waals surface area contributed by atoms with Crippen molar-refractivity contribution >= 4 is 34.4 Å². The number of anilines is 3. The highest BCUT2D eigenvalue weighted by Crippen LogP contribution is 2.33. The number of fused-ring (bicyclic) bond motifs is 1. The summed E-state index contributed by atoms with van der Waals surface area (Å²) < 4.78 is 41.3. The number of hydrogen-bond acceptors (Lipinski definition) is 7. The van der Waals surface area contributed by atoms with Crippen LogP contribution in [-0.4, -0.2) is 49.4 Å². The molecule has 0 spiro atoms. The maximum Gasteiger partial charge on any atom is 0.416 e. The van der Waals surface area contributed by atoms with Gasteiger partial charge in [0.2, 0.25) is 0 Å². The Morgan fingerprint density at radius 1 is 1.06 bits per heavy atom. The van der Waals surface area contributed by atoms with Crippen molar-refractivity contribution in [2.75, 3.05) is 29.6 Å². The van der Waals surface area contributed by atoms with E-state index in [-0.39, 0.29) is 11.3 Å². The minimum absolute atomic E-state index is 0.181. The first kappa shape index (κ1) is 23.9. The molecule has 1 atom stereocenters. The number of aromatic nitrogens is 4. The normalized spacial score (nSPS) is 12.4. The van der Waals surface area contributed by atoms with E-state index in [2.05, 4.69) is 30.9 Å². The van der Waals surface area contributed by atoms with Crippen molar-refractivity contribution < 1.29 is 28.2 Å². The van der Waals surface area contributed by atoms with Gasteiger partial charge in [-0.3, -0.25) is 4.57 Å². The Kier molecular flexibility index (Phi) is 6.53. The van der Waals surface area contributed by atoms with E-state index in [1.807, 2.05) is 0 Å². The van der Waals surface area contributed by atoms with Crippen LogP contribution in [-0.2, 0) is 6.18 Å². The quantitative estimate of drug-likeness (QED) is 0.281. The van der Waals surface area contributed by atoms with Crippen LogP contribution < -0.4 is 16.0 Å². The summed E-state index contributed by atoms with van der Waals surface area (Å²) in [6.07, 6.45) is -3.24. The molecule has 5 N–H and O–H groups in total. The Morgan fingerprint density at radius 2 is 1.77 bits per heavy atom. The fourth-order valence-electron chi connectivity index (χ4n) is 3.39. The highest BCUT2D eigenvalue weighted by Gasteiger charge is 2.32. The number of urea groups is 1. The SMILES string of the molecule is CNc1ncnc2c1ncn2-c1ccc(NC(=O)Nc2cc(C(O)CO)cc(C(F)(F)F)c2)cc1. The number of nitrogens with zero attached hydrogens (tertiary/aromatic N) is 4. The van der Waals surface area contributed by atoms with Gasteiger partial charge in [-0.2, -0.15) is 13.2 Å². The van der Waals surface area contributed by atoms with Crippen LogP contribution >= 0.6 is 0 Å². The van der Waals surface area contributed by atoms with Gasteiger partial charge in [0, 0.05) is 24.1 Å². The number of nitrogens with one attached hydrogen (secondary N) is 3. The van der Waals surface area contributed by atoms with Crippen LogP contribution in [0, 0.1) is 0 Å². The molecule has 0 aliphatic carbocycles. The van der Waals surface area contributed by atoms with Crippen molar-refractivity contribution in [3.63, 3.8) is 0 Å². The molecule has 35 heavy (non-hydrogen) atoms. The molecule has 1 unspecified atom stereocenters. The monoisotopic (exact) mass is 487 g/mol. The lowest BCUT2D eigenvalue weighted by atomic mass is 10.0. The van der Waals surface area contributed by atoms with E-state index < -0.39 is 30.5 Å². The van der Waals surface area contributed by atoms with Crippen molar-refractivity contribution in [2.24, 2.45) is 0 Å². The maximum atomic E-state index is 13.2. The molecule has 0 saturated carbocycles. The third-order valence-electron chi connectivity index (χ3n) is 5.07. The third-order valence-corrected chi connectivity index (χ3v) is 5.07. The minimum atomic E-state index is -4.70. The summed E-state index contributed by atoms with van der Waals surface area (Å²) >= 11 is 0. The second-order valence-electron chi connectivity index (χ2n) is 7.42. The number of carbonyl (C=O) groups excluding carboxylic acids is 1. The topological polar surface area (TPSA) is 137 Å². The van der Waals surface area contributed by atoms with Crippen molar-refractivity contribution in [3.05, 3.63) is 66.2 Å². The molecule has 4 aromatic rings. The Balaban J connectivity index is 1.51. The molecular formula is C22H20F3N7O3. The predicted octanol–water partition coefficient (Wildman–Crippen LogP) is 3.55. The van der Waals surface area contributed by atoms with Gasteiger partial charge < -0.3 is 26.2 Å². The molecule has 182 valence electrons. The highest BCUT2D eigenvalue weighted by atomic mass is 19.4. The molecule has 0 fully saturated rings. The fourth-order valence-corrected chi connectivity index (χ4v) is 3.39. The van der Waals surface area contributed by atoms with Crippen LogP contribution in [0.3, 0.4) is 0 Å². The van der Waals surface area contributed by atoms with Crippen molar-refractivity contribution in [1.29, 1.82) is 0 Å². The molecule has 0 radical (unpaired) electrons. The molecule has 0 aliphatic heterocycles. The van der Waals surface area contributed by atoms with Gasteiger partial charge in [0.15, 0.2) is 17.0 Å². The van der Waals surface area contributed by atoms with Gasteiger partial charge in [-0.15, -0.1) is 0 Å². The van der Waals surface area contributed by atoms with Gasteiger partial charge >= 0.3 is 12.2 Å². The Bertz CT molecular complexity index is 1360. The number of imidazole rings is 1. The molecule has 2 heterocycles. The summed E-state index contributed by atoms with van der Waals surface area (Å²) in [5, 5.41) is 26.6. The number of amides is 2. The molecule has 2 amide bonds. The van der Waals surface area contributed by atoms with E-state index in [9.17, 15) is 23.1 Å². The number of rotatable bonds is 6. The Labute approximate surface area is 196 Å². The molecule has 0 saturated heterocycles. The lowest BCUT2D eigenvalue weighted by molar-refractivity contribution is -0.137. The van der Waals surface area contributed by atoms with Crippen LogP contribution in [0.2, 0.25) is 0 Å². The summed E-state index contributed by atoms with van der Waals surface area (Å²) in [4.78, 5) is 25.1. The zero-order chi connectivity index (χ0) is 25.2. The average molecular weight is 487 g/mol.